The highest BCUT2D eigenvalue weighted by Gasteiger charge is 2.33. The molecule has 1 saturated heterocycles. The Kier molecular flexibility index (Phi) is 4.65. The van der Waals surface area contributed by atoms with Crippen molar-refractivity contribution in [2.45, 2.75) is 25.8 Å². The number of halogens is 3. The van der Waals surface area contributed by atoms with Crippen LogP contribution in [0.3, 0.4) is 0 Å². The fraction of sp³-hybridized carbons (Fsp3) is 0.533. The molecule has 3 rings (SSSR count). The van der Waals surface area contributed by atoms with Gasteiger partial charge >= 0.3 is 0 Å². The van der Waals surface area contributed by atoms with E-state index in [0.29, 0.717) is 0 Å². The van der Waals surface area contributed by atoms with Crippen LogP contribution in [0.4, 0.5) is 13.2 Å². The zero-order chi connectivity index (χ0) is 18.2. The number of ether oxygens (including phenoxy) is 2. The molecule has 0 spiro atoms. The van der Waals surface area contributed by atoms with Gasteiger partial charge in [-0.05, 0) is 13.8 Å². The summed E-state index contributed by atoms with van der Waals surface area (Å²) in [7, 11) is 0. The maximum atomic E-state index is 14.2. The minimum absolute atomic E-state index is 0.0153. The molecule has 3 heterocycles. The number of pyridine rings is 1. The number of alkyl halides is 2. The molecule has 2 aromatic heterocycles. The Morgan fingerprint density at radius 3 is 2.88 bits per heavy atom. The van der Waals surface area contributed by atoms with E-state index in [1.807, 2.05) is 0 Å². The third kappa shape index (κ3) is 3.74. The molecular weight excluding hydrogens is 341 g/mol. The lowest BCUT2D eigenvalue weighted by Crippen LogP contribution is -2.41. The molecule has 7 nitrogen and oxygen atoms in total. The first-order chi connectivity index (χ1) is 11.8. The third-order valence-electron chi connectivity index (χ3n) is 3.75. The summed E-state index contributed by atoms with van der Waals surface area (Å²) in [5.41, 5.74) is -0.697. The summed E-state index contributed by atoms with van der Waals surface area (Å²) in [6, 6.07) is -0.520. The molecule has 0 saturated carbocycles. The largest absolute Gasteiger partial charge is 0.475 e. The van der Waals surface area contributed by atoms with Crippen molar-refractivity contribution in [2.24, 2.45) is 0 Å². The van der Waals surface area contributed by atoms with Crippen LogP contribution in [0.5, 0.6) is 5.88 Å². The molecule has 0 bridgehead atoms. The van der Waals surface area contributed by atoms with Crippen molar-refractivity contribution >= 4 is 10.9 Å². The van der Waals surface area contributed by atoms with E-state index in [-0.39, 0.29) is 41.5 Å². The molecule has 1 fully saturated rings. The summed E-state index contributed by atoms with van der Waals surface area (Å²) < 4.78 is 51.2. The summed E-state index contributed by atoms with van der Waals surface area (Å²) in [6.07, 6.45) is 0. The Balaban J connectivity index is 1.87. The molecule has 0 aliphatic carbocycles. The lowest BCUT2D eigenvalue weighted by atomic mass is 10.2. The van der Waals surface area contributed by atoms with Crippen LogP contribution in [-0.4, -0.2) is 53.3 Å². The van der Waals surface area contributed by atoms with Gasteiger partial charge in [0, 0.05) is 0 Å². The Labute approximate surface area is 140 Å². The van der Waals surface area contributed by atoms with Gasteiger partial charge in [0.1, 0.15) is 29.9 Å². The van der Waals surface area contributed by atoms with Crippen molar-refractivity contribution in [2.75, 3.05) is 26.4 Å². The van der Waals surface area contributed by atoms with Crippen molar-refractivity contribution in [3.05, 3.63) is 27.7 Å². The quantitative estimate of drug-likeness (QED) is 0.854. The van der Waals surface area contributed by atoms with Gasteiger partial charge < -0.3 is 19.8 Å². The van der Waals surface area contributed by atoms with E-state index in [9.17, 15) is 18.0 Å². The van der Waals surface area contributed by atoms with Crippen molar-refractivity contribution in [3.63, 3.8) is 0 Å². The molecule has 0 amide bonds. The average Bonchev–Trinajstić information content (AvgIpc) is 2.70. The Hall–Kier alpha value is -2.20. The highest BCUT2D eigenvalue weighted by molar-refractivity contribution is 5.83. The second-order valence-corrected chi connectivity index (χ2v) is 5.95. The van der Waals surface area contributed by atoms with E-state index < -0.39 is 36.5 Å². The maximum absolute atomic E-state index is 14.2. The zero-order valence-electron chi connectivity index (χ0n) is 13.7. The first kappa shape index (κ1) is 17.6. The standard InChI is InChI=1S/C15H17F3N4O3/c1-7-11(16)12-10(13(23)22-8(2)21-12)14(20-7)25-4-9-3-24-6-15(17,18)5-19-9/h9,19H,3-6H2,1-2H3,(H,21,22,23)/t9-/m0/s1. The van der Waals surface area contributed by atoms with Crippen LogP contribution in [0.15, 0.2) is 4.79 Å². The van der Waals surface area contributed by atoms with Gasteiger partial charge in [0.2, 0.25) is 5.88 Å². The van der Waals surface area contributed by atoms with Crippen LogP contribution in [0, 0.1) is 19.7 Å². The number of nitrogens with one attached hydrogen (secondary N) is 2. The van der Waals surface area contributed by atoms with Gasteiger partial charge in [-0.15, -0.1) is 0 Å². The predicted molar refractivity (Wildman–Crippen MR) is 82.6 cm³/mol. The minimum Gasteiger partial charge on any atom is -0.475 e. The molecule has 2 N–H and O–H groups in total. The number of aromatic nitrogens is 3. The summed E-state index contributed by atoms with van der Waals surface area (Å²) in [4.78, 5) is 22.6. The van der Waals surface area contributed by atoms with Crippen molar-refractivity contribution in [1.29, 1.82) is 0 Å². The van der Waals surface area contributed by atoms with Gasteiger partial charge in [0.05, 0.1) is 24.9 Å². The van der Waals surface area contributed by atoms with Gasteiger partial charge in [-0.3, -0.25) is 4.79 Å². The minimum atomic E-state index is -2.95. The smallest absolute Gasteiger partial charge is 0.283 e. The van der Waals surface area contributed by atoms with E-state index in [4.69, 9.17) is 9.47 Å². The van der Waals surface area contributed by atoms with E-state index in [1.54, 1.807) is 0 Å². The monoisotopic (exact) mass is 358 g/mol. The normalized spacial score (nSPS) is 20.4. The molecule has 1 aliphatic heterocycles. The second kappa shape index (κ2) is 6.60. The van der Waals surface area contributed by atoms with Gasteiger partial charge in [-0.1, -0.05) is 0 Å². The summed E-state index contributed by atoms with van der Waals surface area (Å²) in [5.74, 6) is -3.49. The van der Waals surface area contributed by atoms with Gasteiger partial charge in [-0.25, -0.2) is 23.1 Å². The fourth-order valence-electron chi connectivity index (χ4n) is 2.52. The van der Waals surface area contributed by atoms with Crippen LogP contribution in [0.1, 0.15) is 11.5 Å². The molecule has 0 unspecified atom stereocenters. The first-order valence-corrected chi connectivity index (χ1v) is 7.65. The molecule has 136 valence electrons. The molecule has 0 aromatic carbocycles. The summed E-state index contributed by atoms with van der Waals surface area (Å²) in [5, 5.41) is 2.52. The number of fused-ring (bicyclic) bond motifs is 1. The average molecular weight is 358 g/mol. The molecular formula is C15H17F3N4O3. The van der Waals surface area contributed by atoms with E-state index in [0.717, 1.165) is 0 Å². The van der Waals surface area contributed by atoms with Gasteiger partial charge in [-0.2, -0.15) is 0 Å². The van der Waals surface area contributed by atoms with E-state index >= 15 is 0 Å². The Morgan fingerprint density at radius 2 is 2.12 bits per heavy atom. The maximum Gasteiger partial charge on any atom is 0.283 e. The second-order valence-electron chi connectivity index (χ2n) is 5.95. The van der Waals surface area contributed by atoms with Crippen molar-refractivity contribution < 1.29 is 22.6 Å². The van der Waals surface area contributed by atoms with E-state index in [1.165, 1.54) is 13.8 Å². The van der Waals surface area contributed by atoms with Crippen LogP contribution in [0.2, 0.25) is 0 Å². The first-order valence-electron chi connectivity index (χ1n) is 7.65. The topological polar surface area (TPSA) is 89.1 Å². The number of aromatic amines is 1. The molecule has 2 aromatic rings. The Bertz CT molecular complexity index is 856. The highest BCUT2D eigenvalue weighted by Crippen LogP contribution is 2.24. The van der Waals surface area contributed by atoms with Crippen LogP contribution in [-0.2, 0) is 4.74 Å². The molecule has 0 radical (unpaired) electrons. The number of aryl methyl sites for hydroxylation is 2. The molecule has 1 atom stereocenters. The lowest BCUT2D eigenvalue weighted by Gasteiger charge is -2.17. The van der Waals surface area contributed by atoms with Crippen LogP contribution >= 0.6 is 0 Å². The predicted octanol–water partition coefficient (Wildman–Crippen LogP) is 1.08. The Morgan fingerprint density at radius 1 is 1.36 bits per heavy atom. The third-order valence-corrected chi connectivity index (χ3v) is 3.75. The number of hydrogen-bond acceptors (Lipinski definition) is 6. The zero-order valence-corrected chi connectivity index (χ0v) is 13.7. The summed E-state index contributed by atoms with van der Waals surface area (Å²) in [6.45, 7) is 1.68. The van der Waals surface area contributed by atoms with Crippen molar-refractivity contribution in [3.8, 4) is 5.88 Å². The van der Waals surface area contributed by atoms with Gasteiger partial charge in [0.15, 0.2) is 5.82 Å². The fourth-order valence-corrected chi connectivity index (χ4v) is 2.52. The van der Waals surface area contributed by atoms with Crippen LogP contribution < -0.4 is 15.6 Å². The number of hydrogen-bond donors (Lipinski definition) is 2. The SMILES string of the molecule is Cc1nc2c(F)c(C)nc(OC[C@@H]3COCC(F)(F)CN3)c2c(=O)[nH]1. The van der Waals surface area contributed by atoms with E-state index in [2.05, 4.69) is 20.3 Å². The number of H-pyrrole nitrogens is 1. The molecule has 1 aliphatic rings. The molecule has 25 heavy (non-hydrogen) atoms. The number of rotatable bonds is 3. The van der Waals surface area contributed by atoms with Crippen molar-refractivity contribution in [1.82, 2.24) is 20.3 Å². The lowest BCUT2D eigenvalue weighted by molar-refractivity contribution is -0.0591. The summed E-state index contributed by atoms with van der Waals surface area (Å²) >= 11 is 0. The number of nitrogens with zero attached hydrogens (tertiary/aromatic N) is 2. The van der Waals surface area contributed by atoms with Crippen LogP contribution in [0.25, 0.3) is 10.9 Å². The molecule has 10 heteroatoms. The highest BCUT2D eigenvalue weighted by atomic mass is 19.3. The van der Waals surface area contributed by atoms with Gasteiger partial charge in [0.25, 0.3) is 11.5 Å².